The second kappa shape index (κ2) is 10.6. The number of carbonyl (C=O) groups excluding carboxylic acids is 1. The van der Waals surface area contributed by atoms with Crippen molar-refractivity contribution in [1.29, 1.82) is 0 Å². The molecule has 1 aromatic heterocycles. The molecule has 4 aromatic rings. The van der Waals surface area contributed by atoms with E-state index in [4.69, 9.17) is 11.6 Å². The van der Waals surface area contributed by atoms with E-state index in [1.807, 2.05) is 54.6 Å². The molecule has 3 aromatic carbocycles. The number of pyridine rings is 1. The van der Waals surface area contributed by atoms with Gasteiger partial charge in [0.15, 0.2) is 0 Å². The minimum Gasteiger partial charge on any atom is -0.336 e. The monoisotopic (exact) mass is 506 g/mol. The summed E-state index contributed by atoms with van der Waals surface area (Å²) in [5, 5.41) is 1.75. The molecule has 8 heteroatoms. The summed E-state index contributed by atoms with van der Waals surface area (Å²) in [6.07, 6.45) is 1.74. The lowest BCUT2D eigenvalue weighted by Crippen LogP contribution is -2.48. The summed E-state index contributed by atoms with van der Waals surface area (Å²) in [5.74, 6) is -0.606. The fourth-order valence-electron chi connectivity index (χ4n) is 4.14. The molecular weight excluding hydrogens is 483 g/mol. The highest BCUT2D eigenvalue weighted by atomic mass is 35.5. The van der Waals surface area contributed by atoms with Gasteiger partial charge in [-0.15, -0.1) is 0 Å². The van der Waals surface area contributed by atoms with Crippen LogP contribution in [0.4, 0.5) is 10.1 Å². The molecule has 5 rings (SSSR count). The number of rotatable bonds is 6. The first kappa shape index (κ1) is 23.6. The van der Waals surface area contributed by atoms with Crippen molar-refractivity contribution in [2.24, 2.45) is 0 Å². The zero-order chi connectivity index (χ0) is 24.2. The first-order chi connectivity index (χ1) is 17.1. The van der Waals surface area contributed by atoms with Crippen LogP contribution in [0.2, 0.25) is 5.02 Å². The zero-order valence-corrected chi connectivity index (χ0v) is 20.5. The van der Waals surface area contributed by atoms with Gasteiger partial charge in [-0.25, -0.2) is 4.39 Å². The number of hydrogen-bond acceptors (Lipinski definition) is 5. The maximum absolute atomic E-state index is 14.8. The summed E-state index contributed by atoms with van der Waals surface area (Å²) < 4.78 is 17.9. The lowest BCUT2D eigenvalue weighted by molar-refractivity contribution is 0.0628. The van der Waals surface area contributed by atoms with Crippen LogP contribution in [0.25, 0.3) is 10.9 Å². The highest BCUT2D eigenvalue weighted by Crippen LogP contribution is 2.29. The van der Waals surface area contributed by atoms with Crippen molar-refractivity contribution in [2.45, 2.75) is 11.4 Å². The number of amides is 1. The Morgan fingerprint density at radius 3 is 2.54 bits per heavy atom. The number of halogens is 2. The first-order valence-electron chi connectivity index (χ1n) is 11.4. The van der Waals surface area contributed by atoms with Crippen molar-refractivity contribution in [2.75, 3.05) is 30.9 Å². The van der Waals surface area contributed by atoms with E-state index in [9.17, 15) is 9.18 Å². The van der Waals surface area contributed by atoms with Crippen LogP contribution in [0.15, 0.2) is 83.9 Å². The summed E-state index contributed by atoms with van der Waals surface area (Å²) in [7, 11) is 0. The molecule has 1 N–H and O–H groups in total. The van der Waals surface area contributed by atoms with Gasteiger partial charge in [-0.2, -0.15) is 0 Å². The molecule has 178 valence electrons. The molecule has 35 heavy (non-hydrogen) atoms. The lowest BCUT2D eigenvalue weighted by atomic mass is 10.1. The van der Waals surface area contributed by atoms with Gasteiger partial charge in [-0.1, -0.05) is 41.9 Å². The van der Waals surface area contributed by atoms with E-state index in [1.165, 1.54) is 23.6 Å². The third-order valence-electron chi connectivity index (χ3n) is 6.06. The van der Waals surface area contributed by atoms with E-state index < -0.39 is 5.82 Å². The average Bonchev–Trinajstić information content (AvgIpc) is 2.89. The van der Waals surface area contributed by atoms with Crippen LogP contribution >= 0.6 is 23.5 Å². The van der Waals surface area contributed by atoms with Gasteiger partial charge in [0.05, 0.1) is 16.1 Å². The first-order valence-corrected chi connectivity index (χ1v) is 12.6. The SMILES string of the molecule is O=C(c1ccc(NSc2cccc3cccnc23)c(F)c1)N1CCN(Cc2ccc(Cl)cc2)CC1. The van der Waals surface area contributed by atoms with Crippen molar-refractivity contribution in [3.8, 4) is 0 Å². The van der Waals surface area contributed by atoms with Crippen LogP contribution in [-0.2, 0) is 6.54 Å². The Labute approximate surface area is 213 Å². The number of aromatic nitrogens is 1. The fraction of sp³-hybridized carbons (Fsp3) is 0.185. The summed E-state index contributed by atoms with van der Waals surface area (Å²) >= 11 is 7.26. The highest BCUT2D eigenvalue weighted by Gasteiger charge is 2.23. The largest absolute Gasteiger partial charge is 0.336 e. The number of nitrogens with one attached hydrogen (secondary N) is 1. The molecule has 0 atom stereocenters. The second-order valence-corrected chi connectivity index (χ2v) is 9.71. The van der Waals surface area contributed by atoms with Gasteiger partial charge < -0.3 is 9.62 Å². The van der Waals surface area contributed by atoms with Gasteiger partial charge >= 0.3 is 0 Å². The van der Waals surface area contributed by atoms with E-state index in [1.54, 1.807) is 23.2 Å². The Balaban J connectivity index is 1.18. The predicted octanol–water partition coefficient (Wildman–Crippen LogP) is 6.10. The minimum absolute atomic E-state index is 0.146. The minimum atomic E-state index is -0.460. The quantitative estimate of drug-likeness (QED) is 0.320. The summed E-state index contributed by atoms with van der Waals surface area (Å²) in [5.41, 5.74) is 2.73. The Bertz CT molecular complexity index is 1340. The second-order valence-electron chi connectivity index (χ2n) is 8.42. The Morgan fingerprint density at radius 1 is 1.00 bits per heavy atom. The van der Waals surface area contributed by atoms with Gasteiger partial charge in [0.2, 0.25) is 0 Å². The third kappa shape index (κ3) is 5.59. The van der Waals surface area contributed by atoms with Gasteiger partial charge in [0.1, 0.15) is 5.82 Å². The van der Waals surface area contributed by atoms with Crippen molar-refractivity contribution in [3.63, 3.8) is 0 Å². The smallest absolute Gasteiger partial charge is 0.254 e. The topological polar surface area (TPSA) is 48.5 Å². The summed E-state index contributed by atoms with van der Waals surface area (Å²) in [6.45, 7) is 3.58. The molecule has 1 amide bonds. The Hall–Kier alpha value is -3.13. The third-order valence-corrected chi connectivity index (χ3v) is 7.18. The lowest BCUT2D eigenvalue weighted by Gasteiger charge is -2.34. The molecule has 5 nitrogen and oxygen atoms in total. The molecule has 0 saturated carbocycles. The highest BCUT2D eigenvalue weighted by molar-refractivity contribution is 8.00. The standard InChI is InChI=1S/C27H24ClFN4OS/c28-22-9-6-19(7-10-22)18-32-13-15-33(16-14-32)27(34)21-8-11-24(23(29)17-21)31-35-25-5-1-3-20-4-2-12-30-26(20)25/h1-12,17,31H,13-16,18H2. The van der Waals surface area contributed by atoms with Gasteiger partial charge in [0, 0.05) is 54.9 Å². The number of carbonyl (C=O) groups is 1. The number of anilines is 1. The normalized spacial score (nSPS) is 14.3. The van der Waals surface area contributed by atoms with E-state index in [-0.39, 0.29) is 5.91 Å². The van der Waals surface area contributed by atoms with E-state index in [2.05, 4.69) is 14.6 Å². The Kier molecular flexibility index (Phi) is 7.18. The predicted molar refractivity (Wildman–Crippen MR) is 140 cm³/mol. The van der Waals surface area contributed by atoms with Crippen molar-refractivity contribution in [3.05, 3.63) is 101 Å². The summed E-state index contributed by atoms with van der Waals surface area (Å²) in [6, 6.07) is 22.2. The van der Waals surface area contributed by atoms with Crippen LogP contribution < -0.4 is 4.72 Å². The van der Waals surface area contributed by atoms with E-state index in [0.717, 1.165) is 40.5 Å². The molecule has 0 unspecified atom stereocenters. The van der Waals surface area contributed by atoms with E-state index in [0.29, 0.717) is 24.3 Å². The zero-order valence-electron chi connectivity index (χ0n) is 19.0. The van der Waals surface area contributed by atoms with Crippen LogP contribution in [0.5, 0.6) is 0 Å². The fourth-order valence-corrected chi connectivity index (χ4v) is 5.06. The molecule has 1 aliphatic rings. The van der Waals surface area contributed by atoms with Gasteiger partial charge in [0.25, 0.3) is 5.91 Å². The molecule has 1 aliphatic heterocycles. The van der Waals surface area contributed by atoms with Crippen LogP contribution in [0, 0.1) is 5.82 Å². The number of para-hydroxylation sites is 1. The molecule has 0 aliphatic carbocycles. The number of benzene rings is 3. The van der Waals surface area contributed by atoms with Crippen molar-refractivity contribution in [1.82, 2.24) is 14.8 Å². The Morgan fingerprint density at radius 2 is 1.77 bits per heavy atom. The van der Waals surface area contributed by atoms with Crippen molar-refractivity contribution >= 4 is 46.0 Å². The van der Waals surface area contributed by atoms with E-state index >= 15 is 0 Å². The molecule has 0 spiro atoms. The van der Waals surface area contributed by atoms with Crippen LogP contribution in [0.1, 0.15) is 15.9 Å². The molecule has 1 saturated heterocycles. The number of nitrogens with zero attached hydrogens (tertiary/aromatic N) is 3. The van der Waals surface area contributed by atoms with Crippen LogP contribution in [0.3, 0.4) is 0 Å². The molecule has 2 heterocycles. The number of piperazine rings is 1. The average molecular weight is 507 g/mol. The molecular formula is C27H24ClFN4OS. The van der Waals surface area contributed by atoms with Gasteiger partial charge in [-0.05, 0) is 60.0 Å². The number of hydrogen-bond donors (Lipinski definition) is 1. The number of fused-ring (bicyclic) bond motifs is 1. The molecule has 0 bridgehead atoms. The maximum Gasteiger partial charge on any atom is 0.254 e. The van der Waals surface area contributed by atoms with Crippen molar-refractivity contribution < 1.29 is 9.18 Å². The molecule has 1 fully saturated rings. The van der Waals surface area contributed by atoms with Gasteiger partial charge in [-0.3, -0.25) is 14.7 Å². The van der Waals surface area contributed by atoms with Crippen LogP contribution in [-0.4, -0.2) is 46.9 Å². The summed E-state index contributed by atoms with van der Waals surface area (Å²) in [4.78, 5) is 22.4. The maximum atomic E-state index is 14.8. The molecule has 0 radical (unpaired) electrons.